The molecule has 6 heteroatoms. The standard InChI is InChI=1S/C25H32N2O4/c1-16(2)26-23(28)14-19-15-25(31-22-8-6-5-7-20(19)22)9-11-27(12-10-25)24(29)21-13-17(3)30-18(21)4/h5-8,13,16,19H,9-12,14-15H2,1-4H3,(H,26,28). The molecule has 1 atom stereocenters. The molecule has 166 valence electrons. The summed E-state index contributed by atoms with van der Waals surface area (Å²) in [5.74, 6) is 2.51. The molecule has 0 bridgehead atoms. The quantitative estimate of drug-likeness (QED) is 0.792. The number of carbonyl (C=O) groups excluding carboxylic acids is 2. The Morgan fingerprint density at radius 1 is 1.19 bits per heavy atom. The summed E-state index contributed by atoms with van der Waals surface area (Å²) in [6.07, 6.45) is 2.76. The van der Waals surface area contributed by atoms with Crippen molar-refractivity contribution in [3.8, 4) is 5.75 Å². The minimum absolute atomic E-state index is 0.0215. The van der Waals surface area contributed by atoms with Gasteiger partial charge in [0.2, 0.25) is 5.91 Å². The Hall–Kier alpha value is -2.76. The second-order valence-electron chi connectivity index (χ2n) is 9.27. The number of para-hydroxylation sites is 1. The molecule has 0 radical (unpaired) electrons. The van der Waals surface area contributed by atoms with Crippen LogP contribution in [0.4, 0.5) is 0 Å². The lowest BCUT2D eigenvalue weighted by molar-refractivity contribution is -0.122. The molecule has 1 spiro atoms. The Morgan fingerprint density at radius 2 is 1.90 bits per heavy atom. The first-order valence-electron chi connectivity index (χ1n) is 11.2. The van der Waals surface area contributed by atoms with Gasteiger partial charge >= 0.3 is 0 Å². The number of furan rings is 1. The van der Waals surface area contributed by atoms with E-state index >= 15 is 0 Å². The zero-order chi connectivity index (χ0) is 22.2. The number of amides is 2. The maximum Gasteiger partial charge on any atom is 0.257 e. The highest BCUT2D eigenvalue weighted by Crippen LogP contribution is 2.46. The Bertz CT molecular complexity index is 970. The van der Waals surface area contributed by atoms with E-state index in [0.29, 0.717) is 30.8 Å². The van der Waals surface area contributed by atoms with Gasteiger partial charge in [-0.2, -0.15) is 0 Å². The molecule has 1 saturated heterocycles. The molecule has 3 heterocycles. The van der Waals surface area contributed by atoms with Gasteiger partial charge in [-0.3, -0.25) is 9.59 Å². The van der Waals surface area contributed by atoms with E-state index in [4.69, 9.17) is 9.15 Å². The number of hydrogen-bond donors (Lipinski definition) is 1. The third-order valence-corrected chi connectivity index (χ3v) is 6.42. The van der Waals surface area contributed by atoms with Gasteiger partial charge in [0.15, 0.2) is 0 Å². The van der Waals surface area contributed by atoms with E-state index in [-0.39, 0.29) is 29.4 Å². The molecule has 1 fully saturated rings. The van der Waals surface area contributed by atoms with Crippen molar-refractivity contribution in [3.05, 3.63) is 53.0 Å². The average Bonchev–Trinajstić information content (AvgIpc) is 3.05. The highest BCUT2D eigenvalue weighted by atomic mass is 16.5. The summed E-state index contributed by atoms with van der Waals surface area (Å²) in [6.45, 7) is 8.92. The van der Waals surface area contributed by atoms with Crippen molar-refractivity contribution < 1.29 is 18.7 Å². The molecule has 1 aromatic heterocycles. The Morgan fingerprint density at radius 3 is 2.55 bits per heavy atom. The van der Waals surface area contributed by atoms with Crippen molar-refractivity contribution in [3.63, 3.8) is 0 Å². The molecule has 4 rings (SSSR count). The Labute approximate surface area is 183 Å². The monoisotopic (exact) mass is 424 g/mol. The molecule has 0 saturated carbocycles. The first-order chi connectivity index (χ1) is 14.8. The smallest absolute Gasteiger partial charge is 0.257 e. The first-order valence-corrected chi connectivity index (χ1v) is 11.2. The number of benzene rings is 1. The second-order valence-corrected chi connectivity index (χ2v) is 9.27. The molecule has 31 heavy (non-hydrogen) atoms. The van der Waals surface area contributed by atoms with Crippen LogP contribution in [0.1, 0.15) is 72.9 Å². The summed E-state index contributed by atoms with van der Waals surface area (Å²) in [4.78, 5) is 27.4. The molecule has 1 unspecified atom stereocenters. The van der Waals surface area contributed by atoms with E-state index in [0.717, 1.165) is 36.3 Å². The van der Waals surface area contributed by atoms with Crippen LogP contribution in [0.2, 0.25) is 0 Å². The zero-order valence-electron chi connectivity index (χ0n) is 18.9. The van der Waals surface area contributed by atoms with Crippen molar-refractivity contribution in [2.45, 2.75) is 70.9 Å². The lowest BCUT2D eigenvalue weighted by atomic mass is 9.76. The van der Waals surface area contributed by atoms with Crippen LogP contribution in [0, 0.1) is 13.8 Å². The van der Waals surface area contributed by atoms with E-state index in [2.05, 4.69) is 11.4 Å². The normalized spacial score (nSPS) is 19.8. The fourth-order valence-electron chi connectivity index (χ4n) is 4.97. The molecule has 2 aliphatic heterocycles. The van der Waals surface area contributed by atoms with Crippen LogP contribution in [-0.4, -0.2) is 41.4 Å². The van der Waals surface area contributed by atoms with Crippen molar-refractivity contribution in [1.82, 2.24) is 10.2 Å². The molecule has 1 N–H and O–H groups in total. The van der Waals surface area contributed by atoms with Gasteiger partial charge in [-0.05, 0) is 51.8 Å². The number of aryl methyl sites for hydroxylation is 2. The fourth-order valence-corrected chi connectivity index (χ4v) is 4.97. The van der Waals surface area contributed by atoms with Gasteiger partial charge in [-0.25, -0.2) is 0 Å². The van der Waals surface area contributed by atoms with Gasteiger partial charge < -0.3 is 19.4 Å². The van der Waals surface area contributed by atoms with Crippen molar-refractivity contribution in [2.24, 2.45) is 0 Å². The second kappa shape index (κ2) is 8.40. The predicted octanol–water partition coefficient (Wildman–Crippen LogP) is 4.35. The number of rotatable bonds is 4. The maximum absolute atomic E-state index is 13.0. The van der Waals surface area contributed by atoms with Gasteiger partial charge in [0.25, 0.3) is 5.91 Å². The minimum atomic E-state index is -0.338. The largest absolute Gasteiger partial charge is 0.487 e. The number of nitrogens with one attached hydrogen (secondary N) is 1. The zero-order valence-corrected chi connectivity index (χ0v) is 18.9. The topological polar surface area (TPSA) is 71.8 Å². The number of ether oxygens (including phenoxy) is 1. The first kappa shape index (κ1) is 21.5. The SMILES string of the molecule is Cc1cc(C(=O)N2CCC3(CC2)CC(CC(=O)NC(C)C)c2ccccc2O3)c(C)o1. The number of fused-ring (bicyclic) bond motifs is 1. The summed E-state index contributed by atoms with van der Waals surface area (Å²) in [6, 6.07) is 9.99. The predicted molar refractivity (Wildman–Crippen MR) is 118 cm³/mol. The van der Waals surface area contributed by atoms with Crippen LogP contribution in [0.25, 0.3) is 0 Å². The summed E-state index contributed by atoms with van der Waals surface area (Å²) >= 11 is 0. The number of likely N-dealkylation sites (tertiary alicyclic amines) is 1. The van der Waals surface area contributed by atoms with Crippen LogP contribution >= 0.6 is 0 Å². The number of nitrogens with zero attached hydrogens (tertiary/aromatic N) is 1. The van der Waals surface area contributed by atoms with E-state index in [1.54, 1.807) is 0 Å². The van der Waals surface area contributed by atoms with E-state index in [9.17, 15) is 9.59 Å². The minimum Gasteiger partial charge on any atom is -0.487 e. The van der Waals surface area contributed by atoms with Gasteiger partial charge in [0, 0.05) is 44.3 Å². The Balaban J connectivity index is 1.49. The molecule has 6 nitrogen and oxygen atoms in total. The molecule has 1 aromatic carbocycles. The van der Waals surface area contributed by atoms with Gasteiger partial charge in [-0.15, -0.1) is 0 Å². The molecule has 2 amide bonds. The van der Waals surface area contributed by atoms with Crippen molar-refractivity contribution >= 4 is 11.8 Å². The summed E-state index contributed by atoms with van der Waals surface area (Å²) in [5.41, 5.74) is 1.41. The lowest BCUT2D eigenvalue weighted by Gasteiger charge is -2.47. The third kappa shape index (κ3) is 4.48. The van der Waals surface area contributed by atoms with Gasteiger partial charge in [0.05, 0.1) is 5.56 Å². The highest BCUT2D eigenvalue weighted by Gasteiger charge is 2.44. The number of carbonyl (C=O) groups is 2. The summed E-state index contributed by atoms with van der Waals surface area (Å²) in [5, 5.41) is 3.02. The molecule has 2 aromatic rings. The lowest BCUT2D eigenvalue weighted by Crippen LogP contribution is -2.52. The van der Waals surface area contributed by atoms with E-state index in [1.165, 1.54) is 0 Å². The number of hydrogen-bond acceptors (Lipinski definition) is 4. The van der Waals surface area contributed by atoms with Crippen molar-refractivity contribution in [1.29, 1.82) is 0 Å². The molecular weight excluding hydrogens is 392 g/mol. The molecule has 2 aliphatic rings. The van der Waals surface area contributed by atoms with Crippen LogP contribution < -0.4 is 10.1 Å². The summed E-state index contributed by atoms with van der Waals surface area (Å²) in [7, 11) is 0. The van der Waals surface area contributed by atoms with Gasteiger partial charge in [0.1, 0.15) is 22.9 Å². The molecule has 0 aliphatic carbocycles. The average molecular weight is 425 g/mol. The van der Waals surface area contributed by atoms with Crippen LogP contribution in [0.3, 0.4) is 0 Å². The van der Waals surface area contributed by atoms with Crippen molar-refractivity contribution in [2.75, 3.05) is 13.1 Å². The third-order valence-electron chi connectivity index (χ3n) is 6.42. The van der Waals surface area contributed by atoms with Crippen LogP contribution in [0.5, 0.6) is 5.75 Å². The maximum atomic E-state index is 13.0. The highest BCUT2D eigenvalue weighted by molar-refractivity contribution is 5.95. The number of piperidine rings is 1. The Kier molecular flexibility index (Phi) is 5.82. The van der Waals surface area contributed by atoms with Crippen LogP contribution in [0.15, 0.2) is 34.7 Å². The van der Waals surface area contributed by atoms with Crippen LogP contribution in [-0.2, 0) is 4.79 Å². The van der Waals surface area contributed by atoms with Gasteiger partial charge in [-0.1, -0.05) is 18.2 Å². The van der Waals surface area contributed by atoms with E-state index in [1.807, 2.05) is 56.9 Å². The summed E-state index contributed by atoms with van der Waals surface area (Å²) < 4.78 is 12.1. The molecular formula is C25H32N2O4. The van der Waals surface area contributed by atoms with E-state index < -0.39 is 0 Å². The fraction of sp³-hybridized carbons (Fsp3) is 0.520.